The molecule has 0 aliphatic heterocycles. The first-order chi connectivity index (χ1) is 8.75. The van der Waals surface area contributed by atoms with Crippen LogP contribution in [0.1, 0.15) is 0 Å². The molecule has 0 aliphatic carbocycles. The monoisotopic (exact) mass is 250 g/mol. The Bertz CT molecular complexity index is 506. The van der Waals surface area contributed by atoms with Crippen molar-refractivity contribution < 1.29 is 13.5 Å². The summed E-state index contributed by atoms with van der Waals surface area (Å²) in [4.78, 5) is 3.61. The normalized spacial score (nSPS) is 10.1. The zero-order chi connectivity index (χ0) is 12.8. The fourth-order valence-electron chi connectivity index (χ4n) is 1.40. The molecule has 1 aromatic heterocycles. The number of ether oxygens (including phenoxy) is 1. The van der Waals surface area contributed by atoms with Crippen LogP contribution in [0.3, 0.4) is 0 Å². The van der Waals surface area contributed by atoms with Crippen LogP contribution in [0, 0.1) is 11.6 Å². The lowest BCUT2D eigenvalue weighted by Gasteiger charge is -2.08. The van der Waals surface area contributed by atoms with E-state index in [0.717, 1.165) is 18.0 Å². The lowest BCUT2D eigenvalue weighted by Crippen LogP contribution is -2.13. The molecule has 0 atom stereocenters. The highest BCUT2D eigenvalue weighted by atomic mass is 19.1. The molecule has 0 radical (unpaired) electrons. The van der Waals surface area contributed by atoms with Crippen molar-refractivity contribution in [3.05, 3.63) is 54.2 Å². The molecule has 5 heteroatoms. The van der Waals surface area contributed by atoms with Gasteiger partial charge in [0, 0.05) is 6.07 Å². The number of aromatic nitrogens is 1. The summed E-state index contributed by atoms with van der Waals surface area (Å²) in [7, 11) is 0. The van der Waals surface area contributed by atoms with Crippen LogP contribution in [0.5, 0.6) is 5.75 Å². The zero-order valence-electron chi connectivity index (χ0n) is 9.57. The Morgan fingerprint density at radius 1 is 1.17 bits per heavy atom. The van der Waals surface area contributed by atoms with Gasteiger partial charge in [-0.15, -0.1) is 0 Å². The van der Waals surface area contributed by atoms with Gasteiger partial charge < -0.3 is 10.1 Å². The first kappa shape index (κ1) is 12.3. The predicted octanol–water partition coefficient (Wildman–Crippen LogP) is 2.85. The predicted molar refractivity (Wildman–Crippen MR) is 64.6 cm³/mol. The maximum atomic E-state index is 13.2. The van der Waals surface area contributed by atoms with Crippen molar-refractivity contribution >= 4 is 5.82 Å². The Morgan fingerprint density at radius 2 is 1.94 bits per heavy atom. The maximum absolute atomic E-state index is 13.2. The summed E-state index contributed by atoms with van der Waals surface area (Å²) in [6.45, 7) is 0.743. The van der Waals surface area contributed by atoms with Crippen LogP contribution in [0.4, 0.5) is 14.6 Å². The highest BCUT2D eigenvalue weighted by molar-refractivity contribution is 5.35. The molecule has 0 aliphatic rings. The molecule has 1 N–H and O–H groups in total. The lowest BCUT2D eigenvalue weighted by molar-refractivity contribution is 0.332. The van der Waals surface area contributed by atoms with E-state index in [1.807, 2.05) is 30.3 Å². The van der Waals surface area contributed by atoms with Crippen LogP contribution < -0.4 is 10.1 Å². The standard InChI is InChI=1S/C13H12F2N2O/c14-10-8-12(15)13(17-9-10)16-6-7-18-11-4-2-1-3-5-11/h1-5,8-9H,6-7H2,(H,16,17). The van der Waals surface area contributed by atoms with Crippen LogP contribution >= 0.6 is 0 Å². The third kappa shape index (κ3) is 3.41. The fraction of sp³-hybridized carbons (Fsp3) is 0.154. The number of pyridine rings is 1. The van der Waals surface area contributed by atoms with Gasteiger partial charge in [-0.3, -0.25) is 0 Å². The van der Waals surface area contributed by atoms with Crippen molar-refractivity contribution in [2.75, 3.05) is 18.5 Å². The van der Waals surface area contributed by atoms with E-state index in [4.69, 9.17) is 4.74 Å². The molecular formula is C13H12F2N2O. The molecule has 2 aromatic rings. The average Bonchev–Trinajstić information content (AvgIpc) is 2.38. The van der Waals surface area contributed by atoms with Gasteiger partial charge in [0.05, 0.1) is 12.7 Å². The van der Waals surface area contributed by atoms with Crippen LogP contribution in [-0.2, 0) is 0 Å². The minimum Gasteiger partial charge on any atom is -0.492 e. The molecule has 1 aromatic carbocycles. The number of halogens is 2. The number of nitrogens with one attached hydrogen (secondary N) is 1. The number of benzene rings is 1. The van der Waals surface area contributed by atoms with Crippen molar-refractivity contribution in [2.45, 2.75) is 0 Å². The summed E-state index contributed by atoms with van der Waals surface area (Å²) in [5, 5.41) is 2.73. The number of hydrogen-bond acceptors (Lipinski definition) is 3. The Labute approximate surface area is 103 Å². The first-order valence-electron chi connectivity index (χ1n) is 5.48. The van der Waals surface area contributed by atoms with Gasteiger partial charge in [0.2, 0.25) is 0 Å². The van der Waals surface area contributed by atoms with Crippen LogP contribution in [0.15, 0.2) is 42.6 Å². The third-order valence-electron chi connectivity index (χ3n) is 2.21. The minimum atomic E-state index is -0.713. The topological polar surface area (TPSA) is 34.2 Å². The van der Waals surface area contributed by atoms with Crippen LogP contribution in [0.2, 0.25) is 0 Å². The second kappa shape index (κ2) is 5.95. The summed E-state index contributed by atoms with van der Waals surface area (Å²) in [6, 6.07) is 10.1. The van der Waals surface area contributed by atoms with E-state index in [0.29, 0.717) is 13.2 Å². The highest BCUT2D eigenvalue weighted by Gasteiger charge is 2.04. The lowest BCUT2D eigenvalue weighted by atomic mass is 10.3. The highest BCUT2D eigenvalue weighted by Crippen LogP contribution is 2.11. The van der Waals surface area contributed by atoms with E-state index in [1.54, 1.807) is 0 Å². The zero-order valence-corrected chi connectivity index (χ0v) is 9.57. The molecule has 0 fully saturated rings. The van der Waals surface area contributed by atoms with Gasteiger partial charge in [-0.25, -0.2) is 13.8 Å². The summed E-state index contributed by atoms with van der Waals surface area (Å²) in [5.74, 6) is -0.645. The second-order valence-electron chi connectivity index (χ2n) is 3.57. The maximum Gasteiger partial charge on any atom is 0.168 e. The van der Waals surface area contributed by atoms with Crippen molar-refractivity contribution in [3.63, 3.8) is 0 Å². The van der Waals surface area contributed by atoms with E-state index in [9.17, 15) is 8.78 Å². The first-order valence-corrected chi connectivity index (χ1v) is 5.48. The Balaban J connectivity index is 1.79. The van der Waals surface area contributed by atoms with Gasteiger partial charge in [0.15, 0.2) is 11.6 Å². The summed E-state index contributed by atoms with van der Waals surface area (Å²) in [6.07, 6.45) is 0.962. The van der Waals surface area contributed by atoms with E-state index in [2.05, 4.69) is 10.3 Å². The van der Waals surface area contributed by atoms with E-state index in [-0.39, 0.29) is 5.82 Å². The molecule has 0 spiro atoms. The quantitative estimate of drug-likeness (QED) is 0.828. The van der Waals surface area contributed by atoms with Gasteiger partial charge in [-0.1, -0.05) is 18.2 Å². The smallest absolute Gasteiger partial charge is 0.168 e. The third-order valence-corrected chi connectivity index (χ3v) is 2.21. The molecule has 0 saturated carbocycles. The second-order valence-corrected chi connectivity index (χ2v) is 3.57. The minimum absolute atomic E-state index is 0.0214. The molecule has 94 valence electrons. The van der Waals surface area contributed by atoms with Gasteiger partial charge in [-0.2, -0.15) is 0 Å². The van der Waals surface area contributed by atoms with Crippen molar-refractivity contribution in [1.29, 1.82) is 0 Å². The van der Waals surface area contributed by atoms with Gasteiger partial charge in [-0.05, 0) is 12.1 Å². The Hall–Kier alpha value is -2.17. The Morgan fingerprint density at radius 3 is 2.67 bits per heavy atom. The summed E-state index contributed by atoms with van der Waals surface area (Å²) in [5.41, 5.74) is 0. The molecular weight excluding hydrogens is 238 g/mol. The number of rotatable bonds is 5. The van der Waals surface area contributed by atoms with Crippen molar-refractivity contribution in [3.8, 4) is 5.75 Å². The molecule has 1 heterocycles. The summed E-state index contributed by atoms with van der Waals surface area (Å²) < 4.78 is 31.2. The molecule has 2 rings (SSSR count). The van der Waals surface area contributed by atoms with Crippen LogP contribution in [-0.4, -0.2) is 18.1 Å². The number of anilines is 1. The number of para-hydroxylation sites is 1. The molecule has 3 nitrogen and oxygen atoms in total. The largest absolute Gasteiger partial charge is 0.492 e. The SMILES string of the molecule is Fc1cnc(NCCOc2ccccc2)c(F)c1. The molecule has 0 unspecified atom stereocenters. The number of hydrogen-bond donors (Lipinski definition) is 1. The van der Waals surface area contributed by atoms with Crippen molar-refractivity contribution in [1.82, 2.24) is 4.98 Å². The van der Waals surface area contributed by atoms with E-state index < -0.39 is 11.6 Å². The van der Waals surface area contributed by atoms with Gasteiger partial charge in [0.25, 0.3) is 0 Å². The Kier molecular flexibility index (Phi) is 4.06. The molecule has 0 bridgehead atoms. The van der Waals surface area contributed by atoms with E-state index >= 15 is 0 Å². The fourth-order valence-corrected chi connectivity index (χ4v) is 1.40. The van der Waals surface area contributed by atoms with Gasteiger partial charge >= 0.3 is 0 Å². The molecule has 18 heavy (non-hydrogen) atoms. The van der Waals surface area contributed by atoms with Crippen LogP contribution in [0.25, 0.3) is 0 Å². The molecule has 0 saturated heterocycles. The van der Waals surface area contributed by atoms with Gasteiger partial charge in [0.1, 0.15) is 18.2 Å². The molecule has 0 amide bonds. The summed E-state index contributed by atoms with van der Waals surface area (Å²) >= 11 is 0. The van der Waals surface area contributed by atoms with Crippen molar-refractivity contribution in [2.24, 2.45) is 0 Å². The number of nitrogens with zero attached hydrogens (tertiary/aromatic N) is 1. The average molecular weight is 250 g/mol. The van der Waals surface area contributed by atoms with E-state index in [1.165, 1.54) is 0 Å².